The van der Waals surface area contributed by atoms with Crippen LogP contribution in [0.2, 0.25) is 0 Å². The largest absolute Gasteiger partial charge is 2.00 e. The van der Waals surface area contributed by atoms with Gasteiger partial charge >= 0.3 is 27.0 Å². The van der Waals surface area contributed by atoms with E-state index in [1.54, 1.807) is 6.92 Å². The standard InChI is InChI=1S/C4H5O3.C2H5.W/c5-3-1-2-4(6)7;1-2;/h1-2H2,(H,6,7);1H2,2H3;/q2*-1;+2. The van der Waals surface area contributed by atoms with Crippen molar-refractivity contribution in [3.63, 3.8) is 0 Å². The molecule has 0 aromatic carbocycles. The van der Waals surface area contributed by atoms with Crippen molar-refractivity contribution in [2.45, 2.75) is 19.8 Å². The van der Waals surface area contributed by atoms with Gasteiger partial charge < -0.3 is 16.8 Å². The summed E-state index contributed by atoms with van der Waals surface area (Å²) >= 11 is 0. The van der Waals surface area contributed by atoms with E-state index in [1.807, 2.05) is 0 Å². The second-order valence-corrected chi connectivity index (χ2v) is 1.04. The van der Waals surface area contributed by atoms with Gasteiger partial charge in [0.2, 0.25) is 0 Å². The summed E-state index contributed by atoms with van der Waals surface area (Å²) in [6.07, 6.45) is 1.36. The number of rotatable bonds is 3. The molecule has 0 radical (unpaired) electrons. The fraction of sp³-hybridized carbons (Fsp3) is 0.500. The van der Waals surface area contributed by atoms with Crippen molar-refractivity contribution in [2.24, 2.45) is 0 Å². The topological polar surface area (TPSA) is 54.4 Å². The smallest absolute Gasteiger partial charge is 0.542 e. The third kappa shape index (κ3) is 24.9. The van der Waals surface area contributed by atoms with Gasteiger partial charge in [0.05, 0.1) is 0 Å². The van der Waals surface area contributed by atoms with Crippen molar-refractivity contribution in [3.05, 3.63) is 6.92 Å². The SMILES string of the molecule is O=[C-]CCC(=O)O.[CH2-]C.[W+2]. The first-order valence-corrected chi connectivity index (χ1v) is 2.55. The van der Waals surface area contributed by atoms with Crippen molar-refractivity contribution in [1.29, 1.82) is 0 Å². The molecule has 3 nitrogen and oxygen atoms in total. The van der Waals surface area contributed by atoms with E-state index in [0.717, 1.165) is 0 Å². The Labute approximate surface area is 75.1 Å². The molecule has 0 unspecified atom stereocenters. The Balaban J connectivity index is -0.000000149. The molecule has 0 aliphatic heterocycles. The van der Waals surface area contributed by atoms with Crippen LogP contribution < -0.4 is 0 Å². The molecule has 0 aliphatic rings. The molecule has 0 saturated carbocycles. The third-order valence-corrected chi connectivity index (χ3v) is 0.441. The molecule has 0 aliphatic carbocycles. The van der Waals surface area contributed by atoms with Gasteiger partial charge in [0, 0.05) is 6.42 Å². The van der Waals surface area contributed by atoms with Crippen LogP contribution in [0.3, 0.4) is 0 Å². The van der Waals surface area contributed by atoms with Crippen molar-refractivity contribution in [1.82, 2.24) is 0 Å². The summed E-state index contributed by atoms with van der Waals surface area (Å²) in [5, 5.41) is 7.87. The van der Waals surface area contributed by atoms with Crippen LogP contribution in [0.1, 0.15) is 19.8 Å². The summed E-state index contributed by atoms with van der Waals surface area (Å²) in [5.74, 6) is -0.955. The predicted octanol–water partition coefficient (Wildman–Crippen LogP) is 0.799. The zero-order chi connectivity index (χ0) is 7.70. The van der Waals surface area contributed by atoms with Gasteiger partial charge in [-0.1, -0.05) is 0 Å². The summed E-state index contributed by atoms with van der Waals surface area (Å²) in [5.41, 5.74) is 0. The van der Waals surface area contributed by atoms with E-state index in [0.29, 0.717) is 0 Å². The van der Waals surface area contributed by atoms with Gasteiger partial charge in [-0.3, -0.25) is 11.1 Å². The summed E-state index contributed by atoms with van der Waals surface area (Å²) in [6.45, 7) is 5.00. The minimum Gasteiger partial charge on any atom is -0.542 e. The Morgan fingerprint density at radius 1 is 1.60 bits per heavy atom. The molecule has 0 aromatic rings. The number of carboxylic acids is 1. The van der Waals surface area contributed by atoms with Gasteiger partial charge in [0.1, 0.15) is 0 Å². The molecule has 0 saturated heterocycles. The molecule has 58 valence electrons. The first-order valence-electron chi connectivity index (χ1n) is 2.55. The number of carboxylic acid groups (broad SMARTS) is 1. The number of aliphatic carboxylic acids is 1. The number of carbonyl (C=O) groups excluding carboxylic acids is 1. The molecule has 0 fully saturated rings. The normalized spacial score (nSPS) is 6.20. The molecular formula is C6H10O3W. The zero-order valence-electron chi connectivity index (χ0n) is 5.79. The van der Waals surface area contributed by atoms with Crippen LogP contribution in [-0.2, 0) is 30.7 Å². The van der Waals surface area contributed by atoms with Crippen LogP contribution in [0, 0.1) is 6.92 Å². The molecule has 0 amide bonds. The fourth-order valence-electron chi connectivity index (χ4n) is 0.158. The average molecular weight is 314 g/mol. The Bertz CT molecular complexity index is 83.1. The maximum Gasteiger partial charge on any atom is 2.00 e. The second kappa shape index (κ2) is 15.9. The summed E-state index contributed by atoms with van der Waals surface area (Å²) in [6, 6.07) is 0. The molecule has 0 rings (SSSR count). The van der Waals surface area contributed by atoms with E-state index in [-0.39, 0.29) is 33.9 Å². The Morgan fingerprint density at radius 3 is 2.10 bits per heavy atom. The van der Waals surface area contributed by atoms with E-state index in [2.05, 4.69) is 6.92 Å². The van der Waals surface area contributed by atoms with Crippen LogP contribution in [0.5, 0.6) is 0 Å². The average Bonchev–Trinajstić information content (AvgIpc) is 1.88. The molecule has 4 heteroatoms. The first-order chi connectivity index (χ1) is 4.27. The number of hydrogen-bond donors (Lipinski definition) is 1. The molecule has 0 bridgehead atoms. The molecule has 0 spiro atoms. The number of hydrogen-bond acceptors (Lipinski definition) is 2. The van der Waals surface area contributed by atoms with Gasteiger partial charge in [-0.05, 0) is 0 Å². The van der Waals surface area contributed by atoms with E-state index >= 15 is 0 Å². The molecule has 0 heterocycles. The maximum absolute atomic E-state index is 9.58. The van der Waals surface area contributed by atoms with Gasteiger partial charge in [-0.15, -0.1) is 6.42 Å². The van der Waals surface area contributed by atoms with Crippen molar-refractivity contribution < 1.29 is 35.8 Å². The van der Waals surface area contributed by atoms with E-state index in [4.69, 9.17) is 5.11 Å². The minimum absolute atomic E-state index is 0. The molecule has 10 heavy (non-hydrogen) atoms. The van der Waals surface area contributed by atoms with E-state index in [9.17, 15) is 9.59 Å². The first kappa shape index (κ1) is 16.4. The van der Waals surface area contributed by atoms with Crippen molar-refractivity contribution in [2.75, 3.05) is 0 Å². The predicted molar refractivity (Wildman–Crippen MR) is 33.6 cm³/mol. The fourth-order valence-corrected chi connectivity index (χ4v) is 0.158. The van der Waals surface area contributed by atoms with E-state index in [1.165, 1.54) is 6.29 Å². The van der Waals surface area contributed by atoms with Gasteiger partial charge in [0.15, 0.2) is 0 Å². The minimum atomic E-state index is -0.955. The molecule has 1 N–H and O–H groups in total. The second-order valence-electron chi connectivity index (χ2n) is 1.04. The van der Waals surface area contributed by atoms with Crippen LogP contribution in [-0.4, -0.2) is 17.4 Å². The molecular weight excluding hydrogens is 304 g/mol. The molecule has 0 atom stereocenters. The van der Waals surface area contributed by atoms with Crippen LogP contribution in [0.15, 0.2) is 0 Å². The third-order valence-electron chi connectivity index (χ3n) is 0.441. The van der Waals surface area contributed by atoms with Gasteiger partial charge in [-0.25, -0.2) is 0 Å². The van der Waals surface area contributed by atoms with Gasteiger partial charge in [-0.2, -0.15) is 6.92 Å². The maximum atomic E-state index is 9.58. The Morgan fingerprint density at radius 2 is 2.00 bits per heavy atom. The monoisotopic (exact) mass is 314 g/mol. The quantitative estimate of drug-likeness (QED) is 0.784. The summed E-state index contributed by atoms with van der Waals surface area (Å²) < 4.78 is 0. The zero-order valence-corrected chi connectivity index (χ0v) is 8.73. The Kier molecular flexibility index (Phi) is 26.2. The van der Waals surface area contributed by atoms with Crippen LogP contribution in [0.25, 0.3) is 0 Å². The summed E-state index contributed by atoms with van der Waals surface area (Å²) in [4.78, 5) is 18.9. The van der Waals surface area contributed by atoms with Crippen molar-refractivity contribution in [3.8, 4) is 0 Å². The van der Waals surface area contributed by atoms with E-state index < -0.39 is 5.97 Å². The molecule has 0 aromatic heterocycles. The number of carbonyl (C=O) groups is 1. The van der Waals surface area contributed by atoms with Crippen LogP contribution >= 0.6 is 0 Å². The summed E-state index contributed by atoms with van der Waals surface area (Å²) in [7, 11) is 0. The Hall–Kier alpha value is -0.172. The van der Waals surface area contributed by atoms with Gasteiger partial charge in [0.25, 0.3) is 0 Å². The van der Waals surface area contributed by atoms with Crippen LogP contribution in [0.4, 0.5) is 0 Å². The van der Waals surface area contributed by atoms with Crippen molar-refractivity contribution >= 4 is 12.3 Å².